The van der Waals surface area contributed by atoms with Crippen LogP contribution in [0, 0.1) is 6.92 Å². The molecule has 206 valence electrons. The van der Waals surface area contributed by atoms with Crippen LogP contribution < -0.4 is 20.4 Å². The van der Waals surface area contributed by atoms with Crippen LogP contribution >= 0.6 is 0 Å². The number of carbonyl (C=O) groups is 3. The quantitative estimate of drug-likeness (QED) is 0.328. The maximum absolute atomic E-state index is 14.0. The van der Waals surface area contributed by atoms with Crippen molar-refractivity contribution in [3.05, 3.63) is 120 Å². The highest BCUT2D eigenvalue weighted by Crippen LogP contribution is 2.28. The number of Topliss-reactive ketones (excluding diaryl/α,β-unsaturated/α-hetero) is 1. The molecule has 1 aliphatic heterocycles. The highest BCUT2D eigenvalue weighted by Gasteiger charge is 2.34. The Kier molecular flexibility index (Phi) is 7.87. The van der Waals surface area contributed by atoms with Crippen LogP contribution in [0.4, 0.5) is 21.9 Å². The average Bonchev–Trinajstić information content (AvgIpc) is 3.09. The van der Waals surface area contributed by atoms with Crippen LogP contribution in [0.1, 0.15) is 27.2 Å². The van der Waals surface area contributed by atoms with E-state index in [9.17, 15) is 14.4 Å². The van der Waals surface area contributed by atoms with E-state index in [-0.39, 0.29) is 12.3 Å². The van der Waals surface area contributed by atoms with E-state index in [1.807, 2.05) is 74.4 Å². The maximum Gasteiger partial charge on any atom is 0.321 e. The lowest BCUT2D eigenvalue weighted by Crippen LogP contribution is -2.49. The molecule has 2 heterocycles. The fraction of sp³-hybridized carbons (Fsp3) is 0.156. The number of benzodiazepines with no additional fused rings is 1. The summed E-state index contributed by atoms with van der Waals surface area (Å²) in [7, 11) is 3.81. The number of aliphatic imine (C=N–C) groups is 1. The minimum atomic E-state index is -1.32. The number of nitrogens with one attached hydrogen (secondary N) is 2. The molecule has 1 aromatic heterocycles. The fourth-order valence-corrected chi connectivity index (χ4v) is 4.52. The number of para-hydroxylation sites is 1. The molecule has 1 atom stereocenters. The minimum Gasteiger partial charge on any atom is -0.378 e. The van der Waals surface area contributed by atoms with E-state index in [0.29, 0.717) is 33.9 Å². The first kappa shape index (κ1) is 27.3. The second-order valence-corrected chi connectivity index (χ2v) is 9.87. The number of urea groups is 1. The highest BCUT2D eigenvalue weighted by atomic mass is 16.2. The van der Waals surface area contributed by atoms with Crippen molar-refractivity contribution >= 4 is 40.5 Å². The summed E-state index contributed by atoms with van der Waals surface area (Å²) in [5.74, 6) is -0.779. The van der Waals surface area contributed by atoms with Crippen LogP contribution in [-0.2, 0) is 4.79 Å². The Hall–Kier alpha value is -5.31. The van der Waals surface area contributed by atoms with Crippen LogP contribution in [0.3, 0.4) is 0 Å². The van der Waals surface area contributed by atoms with Crippen molar-refractivity contribution in [3.8, 4) is 0 Å². The molecule has 1 unspecified atom stereocenters. The third-order valence-corrected chi connectivity index (χ3v) is 6.68. The maximum atomic E-state index is 14.0. The SMILES string of the molecule is Cc1ccc(C(=O)CN2C(=O)C(NC(=O)Nc3cccc(N(C)C)c3)N=C(c3ccccn3)c3ccccc32)cc1. The summed E-state index contributed by atoms with van der Waals surface area (Å²) in [4.78, 5) is 53.0. The molecule has 5 rings (SSSR count). The Morgan fingerprint density at radius 3 is 2.41 bits per heavy atom. The molecule has 4 aromatic rings. The molecule has 0 radical (unpaired) electrons. The van der Waals surface area contributed by atoms with Crippen molar-refractivity contribution < 1.29 is 14.4 Å². The van der Waals surface area contributed by atoms with E-state index in [1.54, 1.807) is 48.7 Å². The van der Waals surface area contributed by atoms with Gasteiger partial charge in [-0.15, -0.1) is 0 Å². The van der Waals surface area contributed by atoms with Crippen LogP contribution in [0.15, 0.2) is 102 Å². The number of aryl methyl sites for hydroxylation is 1. The van der Waals surface area contributed by atoms with Gasteiger partial charge in [-0.1, -0.05) is 60.2 Å². The standard InChI is InChI=1S/C32H30N6O3/c1-21-14-16-22(17-15-21)28(39)20-38-27-13-5-4-11-25(27)29(26-12-6-7-18-33-26)35-30(31(38)40)36-32(41)34-23-9-8-10-24(19-23)37(2)3/h4-19,30H,20H2,1-3H3,(H2,34,36,41). The number of anilines is 3. The lowest BCUT2D eigenvalue weighted by atomic mass is 10.0. The molecular weight excluding hydrogens is 516 g/mol. The van der Waals surface area contributed by atoms with Gasteiger partial charge in [0, 0.05) is 42.8 Å². The van der Waals surface area contributed by atoms with Crippen molar-refractivity contribution in [2.24, 2.45) is 4.99 Å². The Labute approximate surface area is 238 Å². The Morgan fingerprint density at radius 1 is 0.927 bits per heavy atom. The summed E-state index contributed by atoms with van der Waals surface area (Å²) in [6.07, 6.45) is 0.320. The third-order valence-electron chi connectivity index (χ3n) is 6.68. The highest BCUT2D eigenvalue weighted by molar-refractivity contribution is 6.20. The van der Waals surface area contributed by atoms with Crippen molar-refractivity contribution in [1.82, 2.24) is 10.3 Å². The first-order valence-corrected chi connectivity index (χ1v) is 13.1. The second kappa shape index (κ2) is 11.8. The number of ketones is 1. The van der Waals surface area contributed by atoms with Gasteiger partial charge in [-0.2, -0.15) is 0 Å². The summed E-state index contributed by atoms with van der Waals surface area (Å²) in [6, 6.07) is 26.5. The van der Waals surface area contributed by atoms with Gasteiger partial charge in [0.15, 0.2) is 5.78 Å². The smallest absolute Gasteiger partial charge is 0.321 e. The summed E-state index contributed by atoms with van der Waals surface area (Å²) < 4.78 is 0. The Morgan fingerprint density at radius 2 is 1.68 bits per heavy atom. The van der Waals surface area contributed by atoms with Gasteiger partial charge in [0.25, 0.3) is 5.91 Å². The van der Waals surface area contributed by atoms with E-state index >= 15 is 0 Å². The molecule has 0 saturated heterocycles. The molecule has 1 aliphatic rings. The molecule has 0 fully saturated rings. The van der Waals surface area contributed by atoms with Crippen LogP contribution in [0.5, 0.6) is 0 Å². The zero-order valence-corrected chi connectivity index (χ0v) is 23.0. The zero-order chi connectivity index (χ0) is 28.9. The number of hydrogen-bond acceptors (Lipinski definition) is 6. The van der Waals surface area contributed by atoms with Gasteiger partial charge in [-0.3, -0.25) is 14.6 Å². The number of nitrogens with zero attached hydrogens (tertiary/aromatic N) is 4. The summed E-state index contributed by atoms with van der Waals surface area (Å²) in [5.41, 5.74) is 5.06. The average molecular weight is 547 g/mol. The fourth-order valence-electron chi connectivity index (χ4n) is 4.52. The molecule has 3 aromatic carbocycles. The summed E-state index contributed by atoms with van der Waals surface area (Å²) in [5, 5.41) is 5.50. The molecular formula is C32H30N6O3. The molecule has 2 N–H and O–H groups in total. The molecule has 0 spiro atoms. The van der Waals surface area contributed by atoms with Gasteiger partial charge in [-0.25, -0.2) is 9.79 Å². The van der Waals surface area contributed by atoms with E-state index in [4.69, 9.17) is 4.99 Å². The lowest BCUT2D eigenvalue weighted by molar-refractivity contribution is -0.120. The van der Waals surface area contributed by atoms with E-state index in [2.05, 4.69) is 15.6 Å². The van der Waals surface area contributed by atoms with Crippen molar-refractivity contribution in [1.29, 1.82) is 0 Å². The van der Waals surface area contributed by atoms with Crippen LogP contribution in [0.2, 0.25) is 0 Å². The number of carbonyl (C=O) groups excluding carboxylic acids is 3. The number of rotatable bonds is 7. The Bertz CT molecular complexity index is 1620. The molecule has 41 heavy (non-hydrogen) atoms. The second-order valence-electron chi connectivity index (χ2n) is 9.87. The van der Waals surface area contributed by atoms with Gasteiger partial charge in [0.2, 0.25) is 6.17 Å². The number of amides is 3. The van der Waals surface area contributed by atoms with Gasteiger partial charge in [0.1, 0.15) is 0 Å². The minimum absolute atomic E-state index is 0.228. The normalized spacial score (nSPS) is 14.4. The predicted molar refractivity (Wildman–Crippen MR) is 161 cm³/mol. The first-order valence-electron chi connectivity index (χ1n) is 13.1. The van der Waals surface area contributed by atoms with E-state index < -0.39 is 18.1 Å². The first-order chi connectivity index (χ1) is 19.8. The monoisotopic (exact) mass is 546 g/mol. The number of benzene rings is 3. The lowest BCUT2D eigenvalue weighted by Gasteiger charge is -2.25. The number of hydrogen-bond donors (Lipinski definition) is 2. The molecule has 0 saturated carbocycles. The molecule has 9 heteroatoms. The molecule has 0 aliphatic carbocycles. The number of pyridine rings is 1. The molecule has 3 amide bonds. The van der Waals surface area contributed by atoms with Gasteiger partial charge in [0.05, 0.1) is 23.6 Å². The third kappa shape index (κ3) is 6.14. The topological polar surface area (TPSA) is 107 Å². The summed E-state index contributed by atoms with van der Waals surface area (Å²) in [6.45, 7) is 1.71. The van der Waals surface area contributed by atoms with Crippen LogP contribution in [0.25, 0.3) is 0 Å². The molecule has 0 bridgehead atoms. The van der Waals surface area contributed by atoms with Gasteiger partial charge < -0.3 is 20.4 Å². The van der Waals surface area contributed by atoms with Crippen molar-refractivity contribution in [2.45, 2.75) is 13.1 Å². The Balaban J connectivity index is 1.51. The molecule has 9 nitrogen and oxygen atoms in total. The number of aromatic nitrogens is 1. The van der Waals surface area contributed by atoms with E-state index in [0.717, 1.165) is 11.3 Å². The van der Waals surface area contributed by atoms with Crippen LogP contribution in [-0.4, -0.2) is 55.2 Å². The predicted octanol–water partition coefficient (Wildman–Crippen LogP) is 4.67. The van der Waals surface area contributed by atoms with E-state index in [1.165, 1.54) is 4.90 Å². The van der Waals surface area contributed by atoms with Crippen molar-refractivity contribution in [3.63, 3.8) is 0 Å². The van der Waals surface area contributed by atoms with Gasteiger partial charge >= 0.3 is 6.03 Å². The van der Waals surface area contributed by atoms with Gasteiger partial charge in [-0.05, 0) is 43.3 Å². The largest absolute Gasteiger partial charge is 0.378 e. The summed E-state index contributed by atoms with van der Waals surface area (Å²) >= 11 is 0. The van der Waals surface area contributed by atoms with Crippen molar-refractivity contribution in [2.75, 3.05) is 35.8 Å². The zero-order valence-electron chi connectivity index (χ0n) is 23.0. The number of fused-ring (bicyclic) bond motifs is 1.